The maximum atomic E-state index is 5.68. The van der Waals surface area contributed by atoms with Crippen LogP contribution in [-0.4, -0.2) is 5.16 Å². The van der Waals surface area contributed by atoms with Crippen LogP contribution in [0, 0.1) is 0 Å². The zero-order chi connectivity index (χ0) is 14.5. The summed E-state index contributed by atoms with van der Waals surface area (Å²) in [4.78, 5) is 0. The van der Waals surface area contributed by atoms with Crippen LogP contribution in [-0.2, 0) is 6.42 Å². The van der Waals surface area contributed by atoms with E-state index in [9.17, 15) is 0 Å². The number of hydrogen-bond donors (Lipinski definition) is 0. The fourth-order valence-corrected chi connectivity index (χ4v) is 2.53. The smallest absolute Gasteiger partial charge is 0.170 e. The summed E-state index contributed by atoms with van der Waals surface area (Å²) < 4.78 is 5.68. The van der Waals surface area contributed by atoms with Gasteiger partial charge in [-0.05, 0) is 12.8 Å². The monoisotopic (exact) mass is 277 g/mol. The van der Waals surface area contributed by atoms with Gasteiger partial charge in [-0.2, -0.15) is 0 Å². The first-order chi connectivity index (χ1) is 10.4. The summed E-state index contributed by atoms with van der Waals surface area (Å²) in [6, 6.07) is 20.5. The molecular formula is C19H19NO. The standard InChI is InChI=1S/C19H19NO/c1-2-3-14-17-18(15-10-6-4-7-11-15)20-21-19(17)16-12-8-5-9-13-16/h4-13H,2-3,14H2,1H3. The van der Waals surface area contributed by atoms with Gasteiger partial charge in [0, 0.05) is 16.7 Å². The lowest BCUT2D eigenvalue weighted by Gasteiger charge is -2.04. The molecule has 3 aromatic rings. The first-order valence-corrected chi connectivity index (χ1v) is 7.49. The molecule has 0 bridgehead atoms. The van der Waals surface area contributed by atoms with E-state index in [0.717, 1.165) is 41.8 Å². The summed E-state index contributed by atoms with van der Waals surface area (Å²) in [5, 5.41) is 4.34. The summed E-state index contributed by atoms with van der Waals surface area (Å²) >= 11 is 0. The third-order valence-electron chi connectivity index (χ3n) is 3.65. The van der Waals surface area contributed by atoms with Gasteiger partial charge in [0.1, 0.15) is 5.69 Å². The third-order valence-corrected chi connectivity index (χ3v) is 3.65. The summed E-state index contributed by atoms with van der Waals surface area (Å²) in [6.07, 6.45) is 3.29. The Morgan fingerprint density at radius 1 is 0.857 bits per heavy atom. The SMILES string of the molecule is CCCCc1c(-c2ccccc2)noc1-c1ccccc1. The van der Waals surface area contributed by atoms with Gasteiger partial charge in [0.15, 0.2) is 5.76 Å². The van der Waals surface area contributed by atoms with Gasteiger partial charge in [-0.15, -0.1) is 0 Å². The van der Waals surface area contributed by atoms with E-state index < -0.39 is 0 Å². The molecule has 0 aliphatic carbocycles. The molecule has 0 atom stereocenters. The van der Waals surface area contributed by atoms with Crippen LogP contribution in [0.5, 0.6) is 0 Å². The molecule has 0 saturated carbocycles. The Kier molecular flexibility index (Phi) is 4.15. The minimum Gasteiger partial charge on any atom is -0.355 e. The molecule has 2 aromatic carbocycles. The highest BCUT2D eigenvalue weighted by atomic mass is 16.5. The van der Waals surface area contributed by atoms with Crippen LogP contribution in [0.15, 0.2) is 65.2 Å². The van der Waals surface area contributed by atoms with Gasteiger partial charge in [-0.25, -0.2) is 0 Å². The van der Waals surface area contributed by atoms with Gasteiger partial charge < -0.3 is 4.52 Å². The van der Waals surface area contributed by atoms with Crippen molar-refractivity contribution in [1.82, 2.24) is 5.16 Å². The predicted octanol–water partition coefficient (Wildman–Crippen LogP) is 5.35. The minimum absolute atomic E-state index is 0.905. The second kappa shape index (κ2) is 6.40. The second-order valence-electron chi connectivity index (χ2n) is 5.17. The number of nitrogens with zero attached hydrogens (tertiary/aromatic N) is 1. The minimum atomic E-state index is 0.905. The van der Waals surface area contributed by atoms with Crippen LogP contribution in [0.25, 0.3) is 22.6 Å². The highest BCUT2D eigenvalue weighted by Gasteiger charge is 2.18. The van der Waals surface area contributed by atoms with Crippen LogP contribution in [0.1, 0.15) is 25.3 Å². The first kappa shape index (κ1) is 13.6. The summed E-state index contributed by atoms with van der Waals surface area (Å²) in [7, 11) is 0. The molecule has 2 nitrogen and oxygen atoms in total. The van der Waals surface area contributed by atoms with E-state index in [1.165, 1.54) is 5.56 Å². The molecule has 2 heteroatoms. The van der Waals surface area contributed by atoms with Gasteiger partial charge in [-0.3, -0.25) is 0 Å². The van der Waals surface area contributed by atoms with E-state index in [-0.39, 0.29) is 0 Å². The lowest BCUT2D eigenvalue weighted by Crippen LogP contribution is -1.90. The Morgan fingerprint density at radius 3 is 2.10 bits per heavy atom. The topological polar surface area (TPSA) is 26.0 Å². The van der Waals surface area contributed by atoms with Crippen LogP contribution in [0.4, 0.5) is 0 Å². The van der Waals surface area contributed by atoms with E-state index in [0.29, 0.717) is 0 Å². The lowest BCUT2D eigenvalue weighted by atomic mass is 9.98. The molecule has 0 fully saturated rings. The molecule has 1 heterocycles. The van der Waals surface area contributed by atoms with E-state index in [1.54, 1.807) is 0 Å². The van der Waals surface area contributed by atoms with E-state index in [1.807, 2.05) is 36.4 Å². The fraction of sp³-hybridized carbons (Fsp3) is 0.211. The van der Waals surface area contributed by atoms with Gasteiger partial charge in [0.05, 0.1) is 0 Å². The average molecular weight is 277 g/mol. The normalized spacial score (nSPS) is 10.7. The van der Waals surface area contributed by atoms with Crippen LogP contribution >= 0.6 is 0 Å². The molecule has 0 saturated heterocycles. The Morgan fingerprint density at radius 2 is 1.48 bits per heavy atom. The number of hydrogen-bond acceptors (Lipinski definition) is 2. The van der Waals surface area contributed by atoms with Crippen molar-refractivity contribution in [3.05, 3.63) is 66.2 Å². The number of unbranched alkanes of at least 4 members (excludes halogenated alkanes) is 1. The Bertz CT molecular complexity index is 629. The van der Waals surface area contributed by atoms with Crippen LogP contribution < -0.4 is 0 Å². The zero-order valence-electron chi connectivity index (χ0n) is 12.3. The van der Waals surface area contributed by atoms with Gasteiger partial charge in [0.25, 0.3) is 0 Å². The quantitative estimate of drug-likeness (QED) is 0.628. The van der Waals surface area contributed by atoms with Gasteiger partial charge >= 0.3 is 0 Å². The van der Waals surface area contributed by atoms with Gasteiger partial charge in [0.2, 0.25) is 0 Å². The molecule has 21 heavy (non-hydrogen) atoms. The average Bonchev–Trinajstić information content (AvgIpc) is 2.98. The second-order valence-corrected chi connectivity index (χ2v) is 5.17. The highest BCUT2D eigenvalue weighted by molar-refractivity contribution is 5.72. The Balaban J connectivity index is 2.07. The molecule has 0 radical (unpaired) electrons. The van der Waals surface area contributed by atoms with Crippen molar-refractivity contribution >= 4 is 0 Å². The third kappa shape index (κ3) is 2.89. The molecule has 1 aromatic heterocycles. The summed E-state index contributed by atoms with van der Waals surface area (Å²) in [5.74, 6) is 0.905. The van der Waals surface area contributed by atoms with E-state index in [4.69, 9.17) is 4.52 Å². The largest absolute Gasteiger partial charge is 0.355 e. The molecule has 3 rings (SSSR count). The molecule has 0 aliphatic rings. The van der Waals surface area contributed by atoms with Crippen molar-refractivity contribution in [2.75, 3.05) is 0 Å². The van der Waals surface area contributed by atoms with E-state index in [2.05, 4.69) is 36.3 Å². The van der Waals surface area contributed by atoms with Crippen molar-refractivity contribution in [2.24, 2.45) is 0 Å². The molecule has 0 amide bonds. The number of aromatic nitrogens is 1. The number of rotatable bonds is 5. The summed E-state index contributed by atoms with van der Waals surface area (Å²) in [6.45, 7) is 2.21. The fourth-order valence-electron chi connectivity index (χ4n) is 2.53. The molecule has 0 aliphatic heterocycles. The van der Waals surface area contributed by atoms with Crippen molar-refractivity contribution in [1.29, 1.82) is 0 Å². The van der Waals surface area contributed by atoms with Crippen LogP contribution in [0.3, 0.4) is 0 Å². The Hall–Kier alpha value is -2.35. The summed E-state index contributed by atoms with van der Waals surface area (Å²) in [5.41, 5.74) is 4.41. The zero-order valence-corrected chi connectivity index (χ0v) is 12.3. The van der Waals surface area contributed by atoms with Crippen molar-refractivity contribution < 1.29 is 4.52 Å². The van der Waals surface area contributed by atoms with Crippen LogP contribution in [0.2, 0.25) is 0 Å². The van der Waals surface area contributed by atoms with E-state index >= 15 is 0 Å². The maximum Gasteiger partial charge on any atom is 0.170 e. The molecule has 0 N–H and O–H groups in total. The molecule has 106 valence electrons. The molecule has 0 spiro atoms. The van der Waals surface area contributed by atoms with Crippen molar-refractivity contribution in [3.63, 3.8) is 0 Å². The van der Waals surface area contributed by atoms with Crippen molar-refractivity contribution in [3.8, 4) is 22.6 Å². The highest BCUT2D eigenvalue weighted by Crippen LogP contribution is 2.33. The first-order valence-electron chi connectivity index (χ1n) is 7.49. The van der Waals surface area contributed by atoms with Gasteiger partial charge in [-0.1, -0.05) is 79.2 Å². The maximum absolute atomic E-state index is 5.68. The number of benzene rings is 2. The predicted molar refractivity (Wildman–Crippen MR) is 86.0 cm³/mol. The Labute approximate surface area is 125 Å². The molecular weight excluding hydrogens is 258 g/mol. The lowest BCUT2D eigenvalue weighted by molar-refractivity contribution is 0.434. The van der Waals surface area contributed by atoms with Crippen molar-refractivity contribution in [2.45, 2.75) is 26.2 Å². The molecule has 0 unspecified atom stereocenters.